The van der Waals surface area contributed by atoms with E-state index in [1.807, 2.05) is 0 Å². The van der Waals surface area contributed by atoms with Gasteiger partial charge in [-0.1, -0.05) is 11.6 Å². The molecule has 9 nitrogen and oxygen atoms in total. The standard InChI is InChI=1S/C26H36ClFN4O5/c27-18-5-4-17(14-19(18)28)37-16-23(34)30-26-8-6-25(7-9-26,15-21(26)33)31-24(35)20-2-1-3-22(29-20)32-10-12-36-13-11-32/h4-5,14,20-22,29,33H,1-3,6-13,15-16H2,(H,30,34)(H,31,35). The summed E-state index contributed by atoms with van der Waals surface area (Å²) in [7, 11) is 0. The monoisotopic (exact) mass is 538 g/mol. The molecule has 0 radical (unpaired) electrons. The number of fused-ring (bicyclic) bond motifs is 3. The molecule has 0 aromatic heterocycles. The number of hydrogen-bond donors (Lipinski definition) is 4. The Morgan fingerprint density at radius 2 is 1.95 bits per heavy atom. The lowest BCUT2D eigenvalue weighted by Crippen LogP contribution is -2.71. The molecule has 6 rings (SSSR count). The van der Waals surface area contributed by atoms with E-state index in [0.29, 0.717) is 32.1 Å². The van der Waals surface area contributed by atoms with Gasteiger partial charge in [-0.05, 0) is 63.5 Å². The number of aliphatic hydroxyl groups is 1. The summed E-state index contributed by atoms with van der Waals surface area (Å²) in [6, 6.07) is 3.74. The van der Waals surface area contributed by atoms with Crippen LogP contribution in [0.4, 0.5) is 4.39 Å². The smallest absolute Gasteiger partial charge is 0.258 e. The zero-order valence-corrected chi connectivity index (χ0v) is 21.7. The van der Waals surface area contributed by atoms with Crippen molar-refractivity contribution in [2.24, 2.45) is 0 Å². The Morgan fingerprint density at radius 3 is 2.65 bits per heavy atom. The van der Waals surface area contributed by atoms with Crippen LogP contribution in [0.2, 0.25) is 5.02 Å². The first-order chi connectivity index (χ1) is 17.8. The van der Waals surface area contributed by atoms with Crippen LogP contribution >= 0.6 is 11.6 Å². The Kier molecular flexibility index (Phi) is 7.93. The highest BCUT2D eigenvalue weighted by Gasteiger charge is 2.55. The lowest BCUT2D eigenvalue weighted by Gasteiger charge is -2.56. The number of ether oxygens (including phenoxy) is 2. The van der Waals surface area contributed by atoms with Gasteiger partial charge in [0.15, 0.2) is 6.61 Å². The van der Waals surface area contributed by atoms with Crippen LogP contribution in [-0.4, -0.2) is 84.1 Å². The van der Waals surface area contributed by atoms with Gasteiger partial charge in [-0.2, -0.15) is 0 Å². The highest BCUT2D eigenvalue weighted by Crippen LogP contribution is 2.47. The van der Waals surface area contributed by atoms with Crippen LogP contribution in [0, 0.1) is 5.82 Å². The van der Waals surface area contributed by atoms with Crippen LogP contribution in [0.1, 0.15) is 51.4 Å². The van der Waals surface area contributed by atoms with E-state index in [1.54, 1.807) is 0 Å². The summed E-state index contributed by atoms with van der Waals surface area (Å²) in [4.78, 5) is 28.3. The highest BCUT2D eigenvalue weighted by atomic mass is 35.5. The van der Waals surface area contributed by atoms with Gasteiger partial charge in [0.25, 0.3) is 5.91 Å². The molecule has 5 fully saturated rings. The summed E-state index contributed by atoms with van der Waals surface area (Å²) >= 11 is 5.68. The average molecular weight is 539 g/mol. The number of piperidine rings is 1. The van der Waals surface area contributed by atoms with Crippen molar-refractivity contribution >= 4 is 23.4 Å². The Morgan fingerprint density at radius 1 is 1.19 bits per heavy atom. The third-order valence-corrected chi connectivity index (χ3v) is 8.83. The molecule has 2 aliphatic heterocycles. The average Bonchev–Trinajstić information content (AvgIpc) is 2.91. The summed E-state index contributed by atoms with van der Waals surface area (Å²) in [6.07, 6.45) is 5.07. The zero-order chi connectivity index (χ0) is 26.0. The second-order valence-electron chi connectivity index (χ2n) is 10.9. The Labute approximate surface area is 221 Å². The molecule has 3 unspecified atom stereocenters. The zero-order valence-electron chi connectivity index (χ0n) is 20.9. The van der Waals surface area contributed by atoms with Gasteiger partial charge < -0.3 is 25.2 Å². The van der Waals surface area contributed by atoms with Gasteiger partial charge in [0, 0.05) is 24.7 Å². The summed E-state index contributed by atoms with van der Waals surface area (Å²) in [5.74, 6) is -0.802. The number of amides is 2. The minimum absolute atomic E-state index is 0.00723. The minimum Gasteiger partial charge on any atom is -0.484 e. The van der Waals surface area contributed by atoms with Crippen molar-refractivity contribution in [3.63, 3.8) is 0 Å². The molecule has 2 heterocycles. The number of rotatable bonds is 7. The van der Waals surface area contributed by atoms with Gasteiger partial charge in [-0.15, -0.1) is 0 Å². The predicted molar refractivity (Wildman–Crippen MR) is 135 cm³/mol. The van der Waals surface area contributed by atoms with Crippen LogP contribution in [0.5, 0.6) is 5.75 Å². The van der Waals surface area contributed by atoms with Crippen molar-refractivity contribution in [2.75, 3.05) is 32.9 Å². The molecule has 0 spiro atoms. The van der Waals surface area contributed by atoms with E-state index in [4.69, 9.17) is 21.1 Å². The van der Waals surface area contributed by atoms with Crippen LogP contribution in [0.15, 0.2) is 18.2 Å². The maximum atomic E-state index is 13.6. The third-order valence-electron chi connectivity index (χ3n) is 8.53. The van der Waals surface area contributed by atoms with Crippen LogP contribution < -0.4 is 20.7 Å². The van der Waals surface area contributed by atoms with Gasteiger partial charge in [-0.25, -0.2) is 4.39 Å². The van der Waals surface area contributed by atoms with Crippen molar-refractivity contribution in [3.8, 4) is 5.75 Å². The summed E-state index contributed by atoms with van der Waals surface area (Å²) in [6.45, 7) is 2.89. The molecular weight excluding hydrogens is 503 g/mol. The fraction of sp³-hybridized carbons (Fsp3) is 0.692. The van der Waals surface area contributed by atoms with Crippen molar-refractivity contribution < 1.29 is 28.6 Å². The fourth-order valence-electron chi connectivity index (χ4n) is 6.34. The van der Waals surface area contributed by atoms with E-state index in [1.165, 1.54) is 12.1 Å². The Bertz CT molecular complexity index is 999. The van der Waals surface area contributed by atoms with Gasteiger partial charge >= 0.3 is 0 Å². The van der Waals surface area contributed by atoms with Gasteiger partial charge in [0.1, 0.15) is 11.6 Å². The number of carbonyl (C=O) groups excluding carboxylic acids is 2. The van der Waals surface area contributed by atoms with E-state index in [2.05, 4.69) is 20.9 Å². The lowest BCUT2D eigenvalue weighted by atomic mass is 9.59. The topological polar surface area (TPSA) is 112 Å². The van der Waals surface area contributed by atoms with Gasteiger partial charge in [-0.3, -0.25) is 19.8 Å². The van der Waals surface area contributed by atoms with Gasteiger partial charge in [0.05, 0.1) is 42.1 Å². The molecule has 1 aromatic carbocycles. The maximum absolute atomic E-state index is 13.6. The van der Waals surface area contributed by atoms with Crippen molar-refractivity contribution in [1.82, 2.24) is 20.9 Å². The molecule has 11 heteroatoms. The molecular formula is C26H36ClFN4O5. The lowest BCUT2D eigenvalue weighted by molar-refractivity contribution is -0.137. The SMILES string of the molecule is O=C(COc1ccc(Cl)c(F)c1)NC12CCC(NC(=O)C3CCCC(N4CCOCC4)N3)(CC1)CC2O. The van der Waals surface area contributed by atoms with E-state index in [-0.39, 0.29) is 41.4 Å². The quantitative estimate of drug-likeness (QED) is 0.418. The van der Waals surface area contributed by atoms with E-state index < -0.39 is 23.0 Å². The molecule has 2 amide bonds. The van der Waals surface area contributed by atoms with E-state index >= 15 is 0 Å². The molecule has 37 heavy (non-hydrogen) atoms. The van der Waals surface area contributed by atoms with E-state index in [0.717, 1.165) is 51.6 Å². The molecule has 2 saturated heterocycles. The molecule has 204 valence electrons. The maximum Gasteiger partial charge on any atom is 0.258 e. The number of nitrogens with zero attached hydrogens (tertiary/aromatic N) is 1. The summed E-state index contributed by atoms with van der Waals surface area (Å²) in [5.41, 5.74) is -1.21. The second kappa shape index (κ2) is 11.0. The van der Waals surface area contributed by atoms with Crippen molar-refractivity contribution in [2.45, 2.75) is 80.8 Å². The Balaban J connectivity index is 1.13. The molecule has 1 aromatic rings. The third kappa shape index (κ3) is 5.88. The summed E-state index contributed by atoms with van der Waals surface area (Å²) < 4.78 is 24.5. The normalized spacial score (nSPS) is 34.1. The first-order valence-electron chi connectivity index (χ1n) is 13.2. The molecule has 5 aliphatic rings. The number of carbonyl (C=O) groups is 2. The minimum atomic E-state index is -0.785. The van der Waals surface area contributed by atoms with E-state index in [9.17, 15) is 19.1 Å². The molecule has 2 bridgehead atoms. The second-order valence-corrected chi connectivity index (χ2v) is 11.3. The molecule has 3 saturated carbocycles. The number of halogens is 2. The number of hydrogen-bond acceptors (Lipinski definition) is 7. The number of nitrogens with one attached hydrogen (secondary N) is 3. The molecule has 3 aliphatic carbocycles. The van der Waals surface area contributed by atoms with Crippen molar-refractivity contribution in [3.05, 3.63) is 29.0 Å². The largest absolute Gasteiger partial charge is 0.484 e. The van der Waals surface area contributed by atoms with Crippen LogP contribution in [0.25, 0.3) is 0 Å². The highest BCUT2D eigenvalue weighted by molar-refractivity contribution is 6.30. The Hall–Kier alpha value is -1.98. The predicted octanol–water partition coefficient (Wildman–Crippen LogP) is 1.71. The van der Waals surface area contributed by atoms with Crippen molar-refractivity contribution in [1.29, 1.82) is 0 Å². The number of aliphatic hydroxyl groups excluding tert-OH is 1. The first-order valence-corrected chi connectivity index (χ1v) is 13.6. The first kappa shape index (κ1) is 26.6. The summed E-state index contributed by atoms with van der Waals surface area (Å²) in [5, 5.41) is 20.8. The molecule has 4 N–H and O–H groups in total. The molecule has 3 atom stereocenters. The van der Waals surface area contributed by atoms with Crippen LogP contribution in [-0.2, 0) is 14.3 Å². The number of morpholine rings is 1. The number of benzene rings is 1. The fourth-order valence-corrected chi connectivity index (χ4v) is 6.46. The van der Waals surface area contributed by atoms with Gasteiger partial charge in [0.2, 0.25) is 5.91 Å². The van der Waals surface area contributed by atoms with Crippen LogP contribution in [0.3, 0.4) is 0 Å².